The molecule has 1 aromatic carbocycles. The number of hydrogen-bond donors (Lipinski definition) is 2. The molecule has 5 heteroatoms. The quantitative estimate of drug-likeness (QED) is 0.809. The summed E-state index contributed by atoms with van der Waals surface area (Å²) >= 11 is 1.71. The van der Waals surface area contributed by atoms with Crippen molar-refractivity contribution in [3.05, 3.63) is 18.2 Å². The zero-order valence-corrected chi connectivity index (χ0v) is 10.5. The number of anilines is 2. The second kappa shape index (κ2) is 5.31. The number of hydrogen-bond acceptors (Lipinski definition) is 4. The van der Waals surface area contributed by atoms with Crippen LogP contribution in [-0.2, 0) is 4.79 Å². The lowest BCUT2D eigenvalue weighted by molar-refractivity contribution is -0.115. The summed E-state index contributed by atoms with van der Waals surface area (Å²) in [5.41, 5.74) is 7.03. The van der Waals surface area contributed by atoms with Crippen LogP contribution in [0.15, 0.2) is 18.2 Å². The number of rotatable bonds is 3. The second-order valence-corrected chi connectivity index (χ2v) is 5.25. The second-order valence-electron chi connectivity index (χ2n) is 3.94. The molecule has 0 aliphatic carbocycles. The first-order chi connectivity index (χ1) is 8.20. The van der Waals surface area contributed by atoms with Crippen molar-refractivity contribution in [2.24, 2.45) is 0 Å². The van der Waals surface area contributed by atoms with Crippen molar-refractivity contribution < 1.29 is 9.53 Å². The molecule has 17 heavy (non-hydrogen) atoms. The minimum Gasteiger partial charge on any atom is -0.497 e. The van der Waals surface area contributed by atoms with Crippen LogP contribution in [-0.4, -0.2) is 24.0 Å². The first kappa shape index (κ1) is 12.1. The predicted molar refractivity (Wildman–Crippen MR) is 71.5 cm³/mol. The molecule has 1 amide bonds. The molecule has 1 saturated heterocycles. The Morgan fingerprint density at radius 1 is 1.59 bits per heavy atom. The fourth-order valence-electron chi connectivity index (χ4n) is 1.78. The Bertz CT molecular complexity index is 417. The van der Waals surface area contributed by atoms with Gasteiger partial charge in [-0.3, -0.25) is 4.79 Å². The van der Waals surface area contributed by atoms with Gasteiger partial charge in [0, 0.05) is 6.07 Å². The van der Waals surface area contributed by atoms with Gasteiger partial charge in [0.2, 0.25) is 5.91 Å². The van der Waals surface area contributed by atoms with Gasteiger partial charge in [0.05, 0.1) is 23.7 Å². The van der Waals surface area contributed by atoms with E-state index in [-0.39, 0.29) is 11.2 Å². The van der Waals surface area contributed by atoms with Crippen LogP contribution >= 0.6 is 11.8 Å². The molecule has 0 radical (unpaired) electrons. The van der Waals surface area contributed by atoms with Gasteiger partial charge in [-0.05, 0) is 30.7 Å². The fourth-order valence-corrected chi connectivity index (χ4v) is 2.94. The van der Waals surface area contributed by atoms with E-state index < -0.39 is 0 Å². The summed E-state index contributed by atoms with van der Waals surface area (Å²) in [5.74, 6) is 1.80. The van der Waals surface area contributed by atoms with Crippen LogP contribution in [0.3, 0.4) is 0 Å². The zero-order chi connectivity index (χ0) is 12.3. The third-order valence-corrected chi connectivity index (χ3v) is 4.12. The van der Waals surface area contributed by atoms with Crippen molar-refractivity contribution >= 4 is 29.0 Å². The van der Waals surface area contributed by atoms with Crippen molar-refractivity contribution in [2.75, 3.05) is 23.9 Å². The molecule has 4 nitrogen and oxygen atoms in total. The SMILES string of the molecule is COc1ccc(NC(=O)C2CCCS2)c(N)c1. The molecule has 1 aliphatic heterocycles. The summed E-state index contributed by atoms with van der Waals surface area (Å²) in [6.45, 7) is 0. The van der Waals surface area contributed by atoms with Crippen LogP contribution in [0.1, 0.15) is 12.8 Å². The lowest BCUT2D eigenvalue weighted by atomic mass is 10.2. The number of carbonyl (C=O) groups excluding carboxylic acids is 1. The Kier molecular flexibility index (Phi) is 3.78. The van der Waals surface area contributed by atoms with E-state index in [2.05, 4.69) is 5.32 Å². The molecule has 3 N–H and O–H groups in total. The maximum Gasteiger partial charge on any atom is 0.237 e. The molecule has 0 aromatic heterocycles. The largest absolute Gasteiger partial charge is 0.497 e. The molecule has 0 saturated carbocycles. The molecule has 92 valence electrons. The Labute approximate surface area is 105 Å². The van der Waals surface area contributed by atoms with Gasteiger partial charge in [-0.2, -0.15) is 0 Å². The monoisotopic (exact) mass is 252 g/mol. The first-order valence-corrected chi connectivity index (χ1v) is 6.61. The van der Waals surface area contributed by atoms with Crippen LogP contribution < -0.4 is 15.8 Å². The van der Waals surface area contributed by atoms with Gasteiger partial charge in [-0.1, -0.05) is 0 Å². The van der Waals surface area contributed by atoms with Gasteiger partial charge in [0.15, 0.2) is 0 Å². The smallest absolute Gasteiger partial charge is 0.237 e. The number of nitrogen functional groups attached to an aromatic ring is 1. The number of amides is 1. The highest BCUT2D eigenvalue weighted by molar-refractivity contribution is 8.00. The van der Waals surface area contributed by atoms with Crippen molar-refractivity contribution in [2.45, 2.75) is 18.1 Å². The first-order valence-electron chi connectivity index (χ1n) is 5.56. The third kappa shape index (κ3) is 2.85. The predicted octanol–water partition coefficient (Wildman–Crippen LogP) is 2.11. The zero-order valence-electron chi connectivity index (χ0n) is 9.73. The maximum absolute atomic E-state index is 11.9. The molecule has 1 atom stereocenters. The van der Waals surface area contributed by atoms with E-state index in [4.69, 9.17) is 10.5 Å². The maximum atomic E-state index is 11.9. The fraction of sp³-hybridized carbons (Fsp3) is 0.417. The highest BCUT2D eigenvalue weighted by atomic mass is 32.2. The third-order valence-electron chi connectivity index (χ3n) is 2.74. The lowest BCUT2D eigenvalue weighted by Gasteiger charge is -2.12. The van der Waals surface area contributed by atoms with Gasteiger partial charge in [0.1, 0.15) is 5.75 Å². The van der Waals surface area contributed by atoms with Crippen molar-refractivity contribution in [3.63, 3.8) is 0 Å². The van der Waals surface area contributed by atoms with Gasteiger partial charge < -0.3 is 15.8 Å². The van der Waals surface area contributed by atoms with E-state index in [0.717, 1.165) is 18.6 Å². The molecule has 1 fully saturated rings. The summed E-state index contributed by atoms with van der Waals surface area (Å²) in [6, 6.07) is 5.26. The number of methoxy groups -OCH3 is 1. The van der Waals surface area contributed by atoms with Crippen molar-refractivity contribution in [1.29, 1.82) is 0 Å². The highest BCUT2D eigenvalue weighted by Gasteiger charge is 2.23. The summed E-state index contributed by atoms with van der Waals surface area (Å²) in [4.78, 5) is 11.9. The Balaban J connectivity index is 2.05. The molecular weight excluding hydrogens is 236 g/mol. The average Bonchev–Trinajstić information content (AvgIpc) is 2.85. The van der Waals surface area contributed by atoms with Gasteiger partial charge in [-0.15, -0.1) is 11.8 Å². The molecule has 1 aliphatic rings. The van der Waals surface area contributed by atoms with E-state index in [9.17, 15) is 4.79 Å². The Morgan fingerprint density at radius 2 is 2.41 bits per heavy atom. The molecular formula is C12H16N2O2S. The summed E-state index contributed by atoms with van der Waals surface area (Å²) in [6.07, 6.45) is 2.06. The van der Waals surface area contributed by atoms with Crippen LogP contribution in [0.5, 0.6) is 5.75 Å². The van der Waals surface area contributed by atoms with Crippen LogP contribution in [0.4, 0.5) is 11.4 Å². The van der Waals surface area contributed by atoms with Gasteiger partial charge in [-0.25, -0.2) is 0 Å². The molecule has 0 spiro atoms. The van der Waals surface area contributed by atoms with Crippen molar-refractivity contribution in [1.82, 2.24) is 0 Å². The number of ether oxygens (including phenoxy) is 1. The minimum absolute atomic E-state index is 0.0457. The molecule has 1 heterocycles. The minimum atomic E-state index is 0.0457. The summed E-state index contributed by atoms with van der Waals surface area (Å²) < 4.78 is 5.06. The molecule has 2 rings (SSSR count). The average molecular weight is 252 g/mol. The summed E-state index contributed by atoms with van der Waals surface area (Å²) in [7, 11) is 1.59. The lowest BCUT2D eigenvalue weighted by Crippen LogP contribution is -2.23. The van der Waals surface area contributed by atoms with Crippen molar-refractivity contribution in [3.8, 4) is 5.75 Å². The van der Waals surface area contributed by atoms with E-state index in [1.165, 1.54) is 0 Å². The Hall–Kier alpha value is -1.36. The van der Waals surface area contributed by atoms with E-state index >= 15 is 0 Å². The van der Waals surface area contributed by atoms with Crippen LogP contribution in [0.25, 0.3) is 0 Å². The Morgan fingerprint density at radius 3 is 3.00 bits per heavy atom. The molecule has 1 aromatic rings. The van der Waals surface area contributed by atoms with Gasteiger partial charge in [0.25, 0.3) is 0 Å². The van der Waals surface area contributed by atoms with E-state index in [1.54, 1.807) is 37.1 Å². The topological polar surface area (TPSA) is 64.3 Å². The van der Waals surface area contributed by atoms with Crippen LogP contribution in [0.2, 0.25) is 0 Å². The normalized spacial score (nSPS) is 19.0. The summed E-state index contributed by atoms with van der Waals surface area (Å²) in [5, 5.41) is 2.93. The van der Waals surface area contributed by atoms with E-state index in [1.807, 2.05) is 0 Å². The number of nitrogens with two attached hydrogens (primary N) is 1. The number of thioether (sulfide) groups is 1. The number of carbonyl (C=O) groups is 1. The van der Waals surface area contributed by atoms with Crippen LogP contribution in [0, 0.1) is 0 Å². The molecule has 1 unspecified atom stereocenters. The number of benzene rings is 1. The number of nitrogens with one attached hydrogen (secondary N) is 1. The highest BCUT2D eigenvalue weighted by Crippen LogP contribution is 2.29. The standard InChI is InChI=1S/C12H16N2O2S/c1-16-8-4-5-10(9(13)7-8)14-12(15)11-3-2-6-17-11/h4-5,7,11H,2-3,6,13H2,1H3,(H,14,15). The molecule has 0 bridgehead atoms. The van der Waals surface area contributed by atoms with Gasteiger partial charge >= 0.3 is 0 Å². The van der Waals surface area contributed by atoms with E-state index in [0.29, 0.717) is 17.1 Å².